The Balaban J connectivity index is 2.00. The quantitative estimate of drug-likeness (QED) is 0.123. The van der Waals surface area contributed by atoms with Gasteiger partial charge in [0, 0.05) is 19.6 Å². The van der Waals surface area contributed by atoms with Crippen LogP contribution in [-0.2, 0) is 19.2 Å². The lowest BCUT2D eigenvalue weighted by Gasteiger charge is -2.32. The summed E-state index contributed by atoms with van der Waals surface area (Å²) in [6, 6.07) is -3.18. The van der Waals surface area contributed by atoms with Crippen LogP contribution >= 0.6 is 11.8 Å². The second-order valence-electron chi connectivity index (χ2n) is 8.62. The van der Waals surface area contributed by atoms with Crippen molar-refractivity contribution in [2.24, 2.45) is 22.2 Å². The van der Waals surface area contributed by atoms with Gasteiger partial charge in [0.05, 0.1) is 6.04 Å². The number of guanidine groups is 1. The van der Waals surface area contributed by atoms with E-state index in [1.165, 1.54) is 21.6 Å². The summed E-state index contributed by atoms with van der Waals surface area (Å²) in [5.74, 6) is -1.58. The Morgan fingerprint density at radius 1 is 1.09 bits per heavy atom. The van der Waals surface area contributed by atoms with Crippen molar-refractivity contribution in [2.75, 3.05) is 31.6 Å². The van der Waals surface area contributed by atoms with Crippen LogP contribution in [0.3, 0.4) is 0 Å². The van der Waals surface area contributed by atoms with E-state index in [-0.39, 0.29) is 17.8 Å². The Kier molecular flexibility index (Phi) is 10.9. The van der Waals surface area contributed by atoms with Crippen LogP contribution in [0, 0.1) is 0 Å². The standard InChI is InChI=1S/C21H37N7O5S/c1-34-12-8-14(20(32)33)26-17(29)15-6-3-10-27(15)19(31)16-7-4-11-28(16)18(30)13(22)5-2-9-25-21(23)24/h13-16H,2-12,22H2,1H3,(H,26,29)(H,32,33)(H4,23,24,25). The molecule has 2 aliphatic rings. The summed E-state index contributed by atoms with van der Waals surface area (Å²) >= 11 is 1.50. The number of amides is 3. The average molecular weight is 500 g/mol. The third kappa shape index (κ3) is 7.49. The molecule has 2 aliphatic heterocycles. The van der Waals surface area contributed by atoms with Crippen LogP contribution in [0.25, 0.3) is 0 Å². The van der Waals surface area contributed by atoms with E-state index in [1.807, 2.05) is 6.26 Å². The Labute approximate surface area is 204 Å². The fraction of sp³-hybridized carbons (Fsp3) is 0.762. The van der Waals surface area contributed by atoms with Gasteiger partial charge in [-0.05, 0) is 57.0 Å². The highest BCUT2D eigenvalue weighted by atomic mass is 32.2. The van der Waals surface area contributed by atoms with Crippen molar-refractivity contribution in [3.05, 3.63) is 0 Å². The molecule has 0 saturated carbocycles. The number of likely N-dealkylation sites (tertiary alicyclic amines) is 2. The topological polar surface area (TPSA) is 197 Å². The molecule has 8 N–H and O–H groups in total. The van der Waals surface area contributed by atoms with Gasteiger partial charge in [0.25, 0.3) is 0 Å². The molecule has 0 aromatic carbocycles. The van der Waals surface area contributed by atoms with E-state index in [9.17, 15) is 24.3 Å². The van der Waals surface area contributed by atoms with Crippen molar-refractivity contribution in [1.29, 1.82) is 0 Å². The number of carbonyl (C=O) groups excluding carboxylic acids is 3. The molecular formula is C21H37N7O5S. The molecule has 0 aromatic heterocycles. The molecule has 2 saturated heterocycles. The highest BCUT2D eigenvalue weighted by molar-refractivity contribution is 7.98. The van der Waals surface area contributed by atoms with Gasteiger partial charge >= 0.3 is 5.97 Å². The number of nitrogens with two attached hydrogens (primary N) is 3. The van der Waals surface area contributed by atoms with Gasteiger partial charge in [-0.1, -0.05) is 0 Å². The maximum absolute atomic E-state index is 13.4. The van der Waals surface area contributed by atoms with Crippen LogP contribution < -0.4 is 22.5 Å². The Morgan fingerprint density at radius 2 is 1.74 bits per heavy atom. The lowest BCUT2D eigenvalue weighted by molar-refractivity contribution is -0.148. The van der Waals surface area contributed by atoms with Crippen LogP contribution in [0.2, 0.25) is 0 Å². The predicted molar refractivity (Wildman–Crippen MR) is 130 cm³/mol. The molecule has 4 unspecified atom stereocenters. The zero-order valence-corrected chi connectivity index (χ0v) is 20.5. The Morgan fingerprint density at radius 3 is 2.35 bits per heavy atom. The van der Waals surface area contributed by atoms with Crippen LogP contribution in [-0.4, -0.2) is 100 Å². The first-order valence-electron chi connectivity index (χ1n) is 11.6. The first kappa shape index (κ1) is 27.7. The van der Waals surface area contributed by atoms with Crippen molar-refractivity contribution in [2.45, 2.75) is 69.1 Å². The van der Waals surface area contributed by atoms with E-state index in [1.54, 1.807) is 0 Å². The SMILES string of the molecule is CSCCC(NC(=O)C1CCCN1C(=O)C1CCCN1C(=O)C(N)CCCN=C(N)N)C(=O)O. The van der Waals surface area contributed by atoms with Crippen LogP contribution in [0.4, 0.5) is 0 Å². The summed E-state index contributed by atoms with van der Waals surface area (Å²) < 4.78 is 0. The van der Waals surface area contributed by atoms with Gasteiger partial charge in [0.2, 0.25) is 17.7 Å². The Bertz CT molecular complexity index is 777. The van der Waals surface area contributed by atoms with Gasteiger partial charge in [0.1, 0.15) is 18.1 Å². The van der Waals surface area contributed by atoms with Gasteiger partial charge in [-0.2, -0.15) is 11.8 Å². The molecule has 192 valence electrons. The number of rotatable bonds is 12. The first-order chi connectivity index (χ1) is 16.2. The average Bonchev–Trinajstić information content (AvgIpc) is 3.48. The zero-order chi connectivity index (χ0) is 25.3. The number of aliphatic carboxylic acids is 1. The van der Waals surface area contributed by atoms with Crippen LogP contribution in [0.1, 0.15) is 44.9 Å². The number of carbonyl (C=O) groups is 4. The maximum atomic E-state index is 13.4. The molecule has 2 fully saturated rings. The third-order valence-electron chi connectivity index (χ3n) is 6.17. The minimum absolute atomic E-state index is 0.0202. The molecule has 4 atom stereocenters. The molecular weight excluding hydrogens is 462 g/mol. The zero-order valence-electron chi connectivity index (χ0n) is 19.6. The molecule has 0 aliphatic carbocycles. The van der Waals surface area contributed by atoms with E-state index >= 15 is 0 Å². The third-order valence-corrected chi connectivity index (χ3v) is 6.81. The van der Waals surface area contributed by atoms with Crippen LogP contribution in [0.15, 0.2) is 4.99 Å². The summed E-state index contributed by atoms with van der Waals surface area (Å²) in [6.07, 6.45) is 5.35. The number of carboxylic acid groups (broad SMARTS) is 1. The number of hydrogen-bond donors (Lipinski definition) is 5. The van der Waals surface area contributed by atoms with Gasteiger partial charge in [-0.15, -0.1) is 0 Å². The van der Waals surface area contributed by atoms with E-state index in [4.69, 9.17) is 17.2 Å². The minimum atomic E-state index is -1.10. The molecule has 34 heavy (non-hydrogen) atoms. The second kappa shape index (κ2) is 13.4. The first-order valence-corrected chi connectivity index (χ1v) is 13.0. The second-order valence-corrected chi connectivity index (χ2v) is 9.60. The number of nitrogens with one attached hydrogen (secondary N) is 1. The van der Waals surface area contributed by atoms with E-state index in [0.717, 1.165) is 0 Å². The normalized spacial score (nSPS) is 21.7. The number of carboxylic acids is 1. The monoisotopic (exact) mass is 499 g/mol. The number of thioether (sulfide) groups is 1. The molecule has 2 rings (SSSR count). The largest absolute Gasteiger partial charge is 0.480 e. The molecule has 12 nitrogen and oxygen atoms in total. The van der Waals surface area contributed by atoms with E-state index in [0.29, 0.717) is 70.3 Å². The minimum Gasteiger partial charge on any atom is -0.480 e. The summed E-state index contributed by atoms with van der Waals surface area (Å²) in [4.78, 5) is 57.6. The fourth-order valence-electron chi connectivity index (χ4n) is 4.40. The fourth-order valence-corrected chi connectivity index (χ4v) is 4.87. The number of aliphatic imine (C=N–C) groups is 1. The molecule has 0 bridgehead atoms. The van der Waals surface area contributed by atoms with Crippen molar-refractivity contribution in [3.8, 4) is 0 Å². The predicted octanol–water partition coefficient (Wildman–Crippen LogP) is -1.33. The highest BCUT2D eigenvalue weighted by Crippen LogP contribution is 2.26. The molecule has 3 amide bonds. The molecule has 0 spiro atoms. The van der Waals surface area contributed by atoms with Crippen molar-refractivity contribution < 1.29 is 24.3 Å². The molecule has 13 heteroatoms. The number of hydrogen-bond acceptors (Lipinski definition) is 7. The molecule has 0 aromatic rings. The summed E-state index contributed by atoms with van der Waals surface area (Å²) in [6.45, 7) is 1.18. The highest BCUT2D eigenvalue weighted by Gasteiger charge is 2.43. The summed E-state index contributed by atoms with van der Waals surface area (Å²) in [5, 5.41) is 12.0. The van der Waals surface area contributed by atoms with Crippen molar-refractivity contribution in [3.63, 3.8) is 0 Å². The van der Waals surface area contributed by atoms with Crippen molar-refractivity contribution in [1.82, 2.24) is 15.1 Å². The lowest BCUT2D eigenvalue weighted by Crippen LogP contribution is -2.56. The summed E-state index contributed by atoms with van der Waals surface area (Å²) in [7, 11) is 0. The molecule has 0 radical (unpaired) electrons. The summed E-state index contributed by atoms with van der Waals surface area (Å²) in [5.41, 5.74) is 16.7. The number of nitrogens with zero attached hydrogens (tertiary/aromatic N) is 3. The van der Waals surface area contributed by atoms with Gasteiger partial charge < -0.3 is 37.4 Å². The Hall–Kier alpha value is -2.54. The van der Waals surface area contributed by atoms with Crippen LogP contribution in [0.5, 0.6) is 0 Å². The smallest absolute Gasteiger partial charge is 0.326 e. The van der Waals surface area contributed by atoms with Gasteiger partial charge in [-0.25, -0.2) is 4.79 Å². The van der Waals surface area contributed by atoms with E-state index < -0.39 is 36.0 Å². The van der Waals surface area contributed by atoms with Gasteiger partial charge in [0.15, 0.2) is 5.96 Å². The van der Waals surface area contributed by atoms with Crippen molar-refractivity contribution >= 4 is 41.4 Å². The maximum Gasteiger partial charge on any atom is 0.326 e. The van der Waals surface area contributed by atoms with E-state index in [2.05, 4.69) is 10.3 Å². The molecule has 2 heterocycles. The lowest BCUT2D eigenvalue weighted by atomic mass is 10.1. The van der Waals surface area contributed by atoms with Gasteiger partial charge in [-0.3, -0.25) is 19.4 Å².